The van der Waals surface area contributed by atoms with Gasteiger partial charge in [0.15, 0.2) is 28.3 Å². The van der Waals surface area contributed by atoms with Gasteiger partial charge in [-0.25, -0.2) is 19.3 Å². The molecule has 5 N–H and O–H groups in total. The van der Waals surface area contributed by atoms with Gasteiger partial charge in [-0.15, -0.1) is 0 Å². The number of carbonyl (C=O) groups is 3. The van der Waals surface area contributed by atoms with Gasteiger partial charge in [0, 0.05) is 127 Å². The van der Waals surface area contributed by atoms with E-state index in [1.165, 1.54) is 53.4 Å². The highest BCUT2D eigenvalue weighted by Gasteiger charge is 2.52. The van der Waals surface area contributed by atoms with E-state index >= 15 is 0 Å². The molecule has 12 heterocycles. The molecule has 0 spiro atoms. The number of aliphatic hydroxyl groups excluding tert-OH is 3. The minimum absolute atomic E-state index is 0.0212. The molecule has 2 aromatic carbocycles. The van der Waals surface area contributed by atoms with Crippen molar-refractivity contribution in [3.05, 3.63) is 174 Å². The summed E-state index contributed by atoms with van der Waals surface area (Å²) in [6, 6.07) is 25.3. The molecule has 3 aliphatic rings. The van der Waals surface area contributed by atoms with E-state index in [0.29, 0.717) is 134 Å². The molecule has 0 bridgehead atoms. The number of likely N-dealkylation sites (N-methyl/N-ethyl adjacent to an activating group) is 3. The van der Waals surface area contributed by atoms with Crippen LogP contribution in [-0.4, -0.2) is 227 Å². The first-order valence-corrected chi connectivity index (χ1v) is 39.5. The van der Waals surface area contributed by atoms with Gasteiger partial charge in [0.2, 0.25) is 0 Å². The zero-order valence-corrected chi connectivity index (χ0v) is 71.2. The van der Waals surface area contributed by atoms with Gasteiger partial charge in [0.05, 0.1) is 111 Å². The highest BCUT2D eigenvalue weighted by molar-refractivity contribution is 14.1. The minimum atomic E-state index is -1.64. The Morgan fingerprint density at radius 2 is 1.08 bits per heavy atom. The van der Waals surface area contributed by atoms with Crippen molar-refractivity contribution in [2.24, 2.45) is 0 Å². The number of benzene rings is 2. The topological polar surface area (TPSA) is 400 Å². The number of nitrogens with zero attached hydrogens (tertiary/aromatic N) is 11. The van der Waals surface area contributed by atoms with Crippen molar-refractivity contribution in [3.8, 4) is 69.0 Å². The number of hydrogen-bond acceptors (Lipinski definition) is 27. The van der Waals surface area contributed by atoms with E-state index in [1.54, 1.807) is 77.0 Å². The first kappa shape index (κ1) is 90.9. The molecule has 0 unspecified atom stereocenters. The molecular weight excluding hydrogens is 1690 g/mol. The second kappa shape index (κ2) is 41.0. The molecule has 624 valence electrons. The van der Waals surface area contributed by atoms with E-state index in [0.717, 1.165) is 68.9 Å². The monoisotopic (exact) mass is 1780 g/mol. The Balaban J connectivity index is 0.000000165. The predicted molar refractivity (Wildman–Crippen MR) is 451 cm³/mol. The van der Waals surface area contributed by atoms with Crippen LogP contribution in [0, 0.1) is 53.0 Å². The lowest BCUT2D eigenvalue weighted by molar-refractivity contribution is 0.00578. The first-order valence-electron chi connectivity index (χ1n) is 37.6. The second-order valence-corrected chi connectivity index (χ2v) is 30.5. The maximum atomic E-state index is 13.5. The number of rotatable bonds is 20. The fourth-order valence-corrected chi connectivity index (χ4v) is 13.0. The maximum absolute atomic E-state index is 13.5. The highest BCUT2D eigenvalue weighted by Crippen LogP contribution is 2.42. The molecule has 30 nitrogen and oxygen atoms in total. The van der Waals surface area contributed by atoms with Crippen molar-refractivity contribution < 1.29 is 95.1 Å². The summed E-state index contributed by atoms with van der Waals surface area (Å²) in [4.78, 5) is 66.2. The third-order valence-electron chi connectivity index (χ3n) is 19.8. The number of aromatic nitrogens is 6. The number of ether oxygens (including phenoxy) is 6. The number of hydrogen-bond donors (Lipinski definition) is 5. The van der Waals surface area contributed by atoms with Crippen LogP contribution in [0.2, 0.25) is 10.0 Å². The van der Waals surface area contributed by atoms with Gasteiger partial charge in [0.25, 0.3) is 17.7 Å². The Morgan fingerprint density at radius 3 is 1.65 bits per heavy atom. The van der Waals surface area contributed by atoms with E-state index in [2.05, 4.69) is 64.6 Å². The fourth-order valence-electron chi connectivity index (χ4n) is 12.3. The van der Waals surface area contributed by atoms with Crippen molar-refractivity contribution in [2.45, 2.75) is 97.6 Å². The summed E-state index contributed by atoms with van der Waals surface area (Å²) in [6.45, 7) is 16.8. The molecule has 9 aromatic heterocycles. The molecule has 0 radical (unpaired) electrons. The molecule has 0 saturated carbocycles. The number of aliphatic hydroxyl groups is 3. The molecular formula is C83H89B2Cl2FIN11O19. The van der Waals surface area contributed by atoms with Gasteiger partial charge in [-0.2, -0.15) is 10.5 Å². The summed E-state index contributed by atoms with van der Waals surface area (Å²) < 4.78 is 77.4. The van der Waals surface area contributed by atoms with Gasteiger partial charge in [-0.05, 0) is 135 Å². The lowest BCUT2D eigenvalue weighted by atomic mass is 9.78. The Kier molecular flexibility index (Phi) is 31.3. The van der Waals surface area contributed by atoms with Crippen LogP contribution in [0.15, 0.2) is 123 Å². The molecule has 36 heteroatoms. The smallest absolute Gasteiger partial charge is 0.496 e. The number of fused-ring (bicyclic) bond motifs is 3. The summed E-state index contributed by atoms with van der Waals surface area (Å²) in [5.41, 5.74) is 9.76. The molecule has 119 heavy (non-hydrogen) atoms. The van der Waals surface area contributed by atoms with Crippen LogP contribution in [-0.2, 0) is 18.8 Å². The Bertz CT molecular complexity index is 5520. The van der Waals surface area contributed by atoms with Gasteiger partial charge in [-0.1, -0.05) is 35.3 Å². The van der Waals surface area contributed by atoms with Gasteiger partial charge in [-0.3, -0.25) is 29.3 Å². The zero-order chi connectivity index (χ0) is 86.2. The van der Waals surface area contributed by atoms with Crippen molar-refractivity contribution in [3.63, 3.8) is 0 Å². The van der Waals surface area contributed by atoms with E-state index in [9.17, 15) is 29.3 Å². The third kappa shape index (κ3) is 22.0. The number of nitriles is 2. The van der Waals surface area contributed by atoms with Crippen LogP contribution in [0.5, 0.6) is 23.0 Å². The van der Waals surface area contributed by atoms with E-state index in [4.69, 9.17) is 99.6 Å². The standard InChI is InChI=1S/C30H30N4O6.C18H24BNO4.C17H15ClFN3O4.C10H13IN2O2.C8H7BClNO3/c1-18-16-32-23-14-26(28-25(37-3)13-21(17-33-28)30(36)34(2)8-9-35)40-29(23)27(18)19-4-5-24(20(12-19)15-31)39-22-6-10-38-11-7-22;1-17(2)18(3,4)24-19(23-17)14-5-6-16(13(11-14)12-20)22-15-7-9-21-10-8-15;1-22(3-4-23)17(24)12-6-13(25-2)9(7-20-12)14-5-11-16(26-14)15(18)10(19)8-21-11;1-7-5-8(6-12-9(7)11)10(15)13(2)3-4-14;1-4-3-11-5-2-6(9(12)13)14-8(5)7(4)10/h4-5,12-14,16-17,22,35H,6-11H2,1-3H3;5-6,11,15H,7-10H2,1-4H3;5-8,23H,3-4H2,1-2H3;5-6,14H,3-4H2,1-2H3;2-3,12-13H,1H3. The summed E-state index contributed by atoms with van der Waals surface area (Å²) in [6.07, 6.45) is 12.2. The van der Waals surface area contributed by atoms with Crippen LogP contribution in [0.1, 0.15) is 112 Å². The van der Waals surface area contributed by atoms with Crippen LogP contribution >= 0.6 is 45.8 Å². The molecule has 14 rings (SSSR count). The fraction of sp³-hybridized carbons (Fsp3) is 0.361. The summed E-state index contributed by atoms with van der Waals surface area (Å²) in [5, 5.41) is 64.2. The second-order valence-electron chi connectivity index (χ2n) is 28.7. The Labute approximate surface area is 710 Å². The van der Waals surface area contributed by atoms with Crippen molar-refractivity contribution >= 4 is 122 Å². The van der Waals surface area contributed by atoms with Gasteiger partial charge >= 0.3 is 14.2 Å². The zero-order valence-electron chi connectivity index (χ0n) is 67.5. The number of carbonyl (C=O) groups excluding carboxylic acids is 3. The number of aryl methyl sites for hydroxylation is 3. The van der Waals surface area contributed by atoms with Crippen LogP contribution < -0.4 is 30.1 Å². The van der Waals surface area contributed by atoms with Crippen LogP contribution in [0.25, 0.3) is 67.2 Å². The largest absolute Gasteiger partial charge is 0.526 e. The Hall–Kier alpha value is -10.4. The SMILES string of the molecule is CC1(C)OB(c2ccc(OC3CCOCC3)c(C#N)c2)OC1(C)C.COc1cc(C(=O)N(C)CCO)cnc1-c1cc2ncc(C)c(-c3ccc(OC4CCOCC4)c(C#N)c3)c2o1.COc1cc(C(=O)N(C)CCO)ncc1-c1cc2ncc(F)c(Cl)c2o1.Cc1cc(C(=O)N(C)CCO)cnc1I.Cc1cnc2cc(B(O)O)oc2c1Cl. The normalized spacial score (nSPS) is 14.2. The number of halogens is 4. The van der Waals surface area contributed by atoms with Crippen molar-refractivity contribution in [1.82, 2.24) is 44.6 Å². The molecule has 3 amide bonds. The van der Waals surface area contributed by atoms with E-state index < -0.39 is 31.3 Å². The Morgan fingerprint density at radius 1 is 0.580 bits per heavy atom. The first-order chi connectivity index (χ1) is 56.9. The van der Waals surface area contributed by atoms with Gasteiger partial charge < -0.3 is 91.0 Å². The van der Waals surface area contributed by atoms with E-state index in [1.807, 2.05) is 71.9 Å². The number of furan rings is 3. The summed E-state index contributed by atoms with van der Waals surface area (Å²) in [7, 11) is 5.65. The molecule has 3 aliphatic heterocycles. The van der Waals surface area contributed by atoms with Crippen LogP contribution in [0.4, 0.5) is 4.39 Å². The van der Waals surface area contributed by atoms with Crippen LogP contribution in [0.3, 0.4) is 0 Å². The average Bonchev–Trinajstić information content (AvgIpc) is 1.64. The highest BCUT2D eigenvalue weighted by atomic mass is 127. The van der Waals surface area contributed by atoms with Crippen molar-refractivity contribution in [1.29, 1.82) is 10.5 Å². The summed E-state index contributed by atoms with van der Waals surface area (Å²) >= 11 is 14.0. The average molecular weight is 1780 g/mol. The number of pyridine rings is 6. The maximum Gasteiger partial charge on any atom is 0.526 e. The third-order valence-corrected chi connectivity index (χ3v) is 21.7. The molecule has 0 atom stereocenters. The number of methoxy groups -OCH3 is 2. The van der Waals surface area contributed by atoms with E-state index in [-0.39, 0.29) is 84.8 Å². The lowest BCUT2D eigenvalue weighted by Crippen LogP contribution is -2.41. The summed E-state index contributed by atoms with van der Waals surface area (Å²) in [5.74, 6) is 1.18. The van der Waals surface area contributed by atoms with Gasteiger partial charge in [0.1, 0.15) is 95.4 Å². The molecule has 3 saturated heterocycles. The number of amides is 3. The lowest BCUT2D eigenvalue weighted by Gasteiger charge is -2.32. The van der Waals surface area contributed by atoms with Crippen molar-refractivity contribution in [2.75, 3.05) is 101 Å². The minimum Gasteiger partial charge on any atom is -0.496 e. The molecule has 0 aliphatic carbocycles. The quantitative estimate of drug-likeness (QED) is 0.0269. The molecule has 11 aromatic rings. The predicted octanol–water partition coefficient (Wildman–Crippen LogP) is 11.1. The molecule has 3 fully saturated rings.